The summed E-state index contributed by atoms with van der Waals surface area (Å²) in [6.07, 6.45) is 3.01. The van der Waals surface area contributed by atoms with Crippen molar-refractivity contribution in [3.8, 4) is 5.75 Å². The van der Waals surface area contributed by atoms with Crippen LogP contribution in [-0.2, 0) is 6.42 Å². The molecule has 3 heteroatoms. The minimum Gasteiger partial charge on any atom is -0.508 e. The molecule has 1 rings (SSSR count). The summed E-state index contributed by atoms with van der Waals surface area (Å²) in [6, 6.07) is 7.93. The number of hydrogen-bond acceptors (Lipinski definition) is 3. The Kier molecular flexibility index (Phi) is 6.89. The first-order chi connectivity index (χ1) is 9.01. The van der Waals surface area contributed by atoms with E-state index >= 15 is 0 Å². The molecule has 2 atom stereocenters. The van der Waals surface area contributed by atoms with Gasteiger partial charge in [-0.2, -0.15) is 0 Å². The van der Waals surface area contributed by atoms with Gasteiger partial charge in [0, 0.05) is 12.1 Å². The third-order valence-electron chi connectivity index (χ3n) is 3.30. The predicted molar refractivity (Wildman–Crippen MR) is 79.4 cm³/mol. The molecule has 19 heavy (non-hydrogen) atoms. The SMILES string of the molecule is CC(C)CC(CO)NC(C)CCc1ccc(O)cc1. The number of phenolic OH excluding ortho intramolecular Hbond substituents is 1. The number of nitrogens with one attached hydrogen (secondary N) is 1. The molecule has 1 aromatic rings. The third-order valence-corrected chi connectivity index (χ3v) is 3.30. The maximum absolute atomic E-state index is 9.35. The number of aryl methyl sites for hydroxylation is 1. The predicted octanol–water partition coefficient (Wildman–Crippen LogP) is 2.71. The van der Waals surface area contributed by atoms with Crippen LogP contribution in [0.3, 0.4) is 0 Å². The zero-order valence-electron chi connectivity index (χ0n) is 12.3. The van der Waals surface area contributed by atoms with Crippen LogP contribution in [0.25, 0.3) is 0 Å². The molecule has 0 radical (unpaired) electrons. The molecule has 0 fully saturated rings. The average Bonchev–Trinajstić information content (AvgIpc) is 2.36. The lowest BCUT2D eigenvalue weighted by Gasteiger charge is -2.23. The van der Waals surface area contributed by atoms with Crippen LogP contribution in [0.2, 0.25) is 0 Å². The van der Waals surface area contributed by atoms with E-state index in [2.05, 4.69) is 26.1 Å². The molecule has 3 nitrogen and oxygen atoms in total. The average molecular weight is 265 g/mol. The van der Waals surface area contributed by atoms with Gasteiger partial charge in [0.15, 0.2) is 0 Å². The highest BCUT2D eigenvalue weighted by Gasteiger charge is 2.12. The molecule has 0 heterocycles. The highest BCUT2D eigenvalue weighted by Crippen LogP contribution is 2.12. The Morgan fingerprint density at radius 1 is 1.11 bits per heavy atom. The van der Waals surface area contributed by atoms with Gasteiger partial charge in [0.2, 0.25) is 0 Å². The van der Waals surface area contributed by atoms with Gasteiger partial charge in [-0.1, -0.05) is 26.0 Å². The van der Waals surface area contributed by atoms with Gasteiger partial charge in [-0.05, 0) is 49.8 Å². The van der Waals surface area contributed by atoms with Crippen molar-refractivity contribution in [3.63, 3.8) is 0 Å². The summed E-state index contributed by atoms with van der Waals surface area (Å²) < 4.78 is 0. The third kappa shape index (κ3) is 6.60. The van der Waals surface area contributed by atoms with E-state index in [9.17, 15) is 10.2 Å². The summed E-state index contributed by atoms with van der Waals surface area (Å²) >= 11 is 0. The van der Waals surface area contributed by atoms with Gasteiger partial charge in [-0.3, -0.25) is 0 Å². The summed E-state index contributed by atoms with van der Waals surface area (Å²) in [7, 11) is 0. The number of hydrogen-bond donors (Lipinski definition) is 3. The second-order valence-electron chi connectivity index (χ2n) is 5.78. The molecule has 108 valence electrons. The zero-order valence-corrected chi connectivity index (χ0v) is 12.3. The van der Waals surface area contributed by atoms with Crippen molar-refractivity contribution in [2.75, 3.05) is 6.61 Å². The zero-order chi connectivity index (χ0) is 14.3. The lowest BCUT2D eigenvalue weighted by atomic mass is 10.0. The molecule has 0 aliphatic carbocycles. The van der Waals surface area contributed by atoms with E-state index < -0.39 is 0 Å². The Balaban J connectivity index is 2.33. The van der Waals surface area contributed by atoms with Gasteiger partial charge in [-0.15, -0.1) is 0 Å². The van der Waals surface area contributed by atoms with Crippen LogP contribution >= 0.6 is 0 Å². The Morgan fingerprint density at radius 3 is 2.26 bits per heavy atom. The van der Waals surface area contributed by atoms with Gasteiger partial charge in [0.1, 0.15) is 5.75 Å². The van der Waals surface area contributed by atoms with E-state index in [1.54, 1.807) is 12.1 Å². The molecule has 0 bridgehead atoms. The molecule has 0 aliphatic heterocycles. The molecule has 3 N–H and O–H groups in total. The Hall–Kier alpha value is -1.06. The Labute approximate surface area is 116 Å². The molecule has 0 saturated heterocycles. The van der Waals surface area contributed by atoms with Gasteiger partial charge in [-0.25, -0.2) is 0 Å². The van der Waals surface area contributed by atoms with E-state index in [-0.39, 0.29) is 12.6 Å². The highest BCUT2D eigenvalue weighted by molar-refractivity contribution is 5.25. The minimum atomic E-state index is 0.190. The van der Waals surface area contributed by atoms with Crippen molar-refractivity contribution >= 4 is 0 Å². The maximum Gasteiger partial charge on any atom is 0.115 e. The quantitative estimate of drug-likeness (QED) is 0.677. The fourth-order valence-corrected chi connectivity index (χ4v) is 2.30. The normalized spacial score (nSPS) is 14.6. The summed E-state index contributed by atoms with van der Waals surface area (Å²) in [4.78, 5) is 0. The number of aliphatic hydroxyl groups is 1. The molecule has 0 saturated carbocycles. The van der Waals surface area contributed by atoms with E-state index in [1.165, 1.54) is 5.56 Å². The van der Waals surface area contributed by atoms with Crippen LogP contribution in [0.5, 0.6) is 5.75 Å². The second-order valence-corrected chi connectivity index (χ2v) is 5.78. The highest BCUT2D eigenvalue weighted by atomic mass is 16.3. The van der Waals surface area contributed by atoms with Crippen LogP contribution < -0.4 is 5.32 Å². The minimum absolute atomic E-state index is 0.190. The molecule has 1 aromatic carbocycles. The first kappa shape index (κ1) is 16.0. The van der Waals surface area contributed by atoms with Gasteiger partial charge in [0.25, 0.3) is 0 Å². The van der Waals surface area contributed by atoms with Crippen LogP contribution in [0.1, 0.15) is 39.2 Å². The maximum atomic E-state index is 9.35. The first-order valence-corrected chi connectivity index (χ1v) is 7.16. The van der Waals surface area contributed by atoms with Gasteiger partial charge < -0.3 is 15.5 Å². The Bertz CT molecular complexity index is 348. The summed E-state index contributed by atoms with van der Waals surface area (Å²) in [5.41, 5.74) is 1.23. The monoisotopic (exact) mass is 265 g/mol. The van der Waals surface area contributed by atoms with Crippen molar-refractivity contribution in [3.05, 3.63) is 29.8 Å². The van der Waals surface area contributed by atoms with Crippen molar-refractivity contribution in [1.82, 2.24) is 5.32 Å². The number of benzene rings is 1. The smallest absolute Gasteiger partial charge is 0.115 e. The Morgan fingerprint density at radius 2 is 1.74 bits per heavy atom. The summed E-state index contributed by atoms with van der Waals surface area (Å²) in [5, 5.41) is 22.1. The summed E-state index contributed by atoms with van der Waals surface area (Å²) in [5.74, 6) is 0.904. The molecular formula is C16H27NO2. The van der Waals surface area contributed by atoms with Crippen LogP contribution in [0.15, 0.2) is 24.3 Å². The number of aliphatic hydroxyl groups excluding tert-OH is 1. The van der Waals surface area contributed by atoms with E-state index in [1.807, 2.05) is 12.1 Å². The lowest BCUT2D eigenvalue weighted by Crippen LogP contribution is -2.40. The molecular weight excluding hydrogens is 238 g/mol. The largest absolute Gasteiger partial charge is 0.508 e. The molecule has 0 aliphatic rings. The van der Waals surface area contributed by atoms with E-state index in [0.29, 0.717) is 17.7 Å². The molecule has 2 unspecified atom stereocenters. The fraction of sp³-hybridized carbons (Fsp3) is 0.625. The fourth-order valence-electron chi connectivity index (χ4n) is 2.30. The first-order valence-electron chi connectivity index (χ1n) is 7.16. The van der Waals surface area contributed by atoms with Crippen LogP contribution in [0, 0.1) is 5.92 Å². The number of rotatable bonds is 8. The van der Waals surface area contributed by atoms with Crippen molar-refractivity contribution < 1.29 is 10.2 Å². The van der Waals surface area contributed by atoms with Gasteiger partial charge >= 0.3 is 0 Å². The number of phenols is 1. The summed E-state index contributed by atoms with van der Waals surface area (Å²) in [6.45, 7) is 6.70. The molecule has 0 aromatic heterocycles. The van der Waals surface area contributed by atoms with E-state index in [0.717, 1.165) is 19.3 Å². The number of aromatic hydroxyl groups is 1. The van der Waals surface area contributed by atoms with Crippen molar-refractivity contribution in [2.24, 2.45) is 5.92 Å². The topological polar surface area (TPSA) is 52.5 Å². The van der Waals surface area contributed by atoms with Gasteiger partial charge in [0.05, 0.1) is 6.61 Å². The standard InChI is InChI=1S/C16H27NO2/c1-12(2)10-15(11-18)17-13(3)4-5-14-6-8-16(19)9-7-14/h6-9,12-13,15,17-19H,4-5,10-11H2,1-3H3. The van der Waals surface area contributed by atoms with Crippen molar-refractivity contribution in [2.45, 2.75) is 52.1 Å². The second kappa shape index (κ2) is 8.18. The van der Waals surface area contributed by atoms with Crippen molar-refractivity contribution in [1.29, 1.82) is 0 Å². The lowest BCUT2D eigenvalue weighted by molar-refractivity contribution is 0.213. The van der Waals surface area contributed by atoms with Crippen LogP contribution in [0.4, 0.5) is 0 Å². The van der Waals surface area contributed by atoms with E-state index in [4.69, 9.17) is 0 Å². The molecule has 0 spiro atoms. The molecule has 0 amide bonds. The van der Waals surface area contributed by atoms with Crippen LogP contribution in [-0.4, -0.2) is 28.9 Å².